The van der Waals surface area contributed by atoms with Gasteiger partial charge in [-0.2, -0.15) is 0 Å². The first-order chi connectivity index (χ1) is 69.5. The highest BCUT2D eigenvalue weighted by Crippen LogP contribution is 2.42. The number of aromatic nitrogens is 16. The monoisotopic (exact) mass is 2010 g/mol. The van der Waals surface area contributed by atoms with Crippen molar-refractivity contribution < 1.29 is 81.3 Å². The Labute approximate surface area is 817 Å². The van der Waals surface area contributed by atoms with Crippen molar-refractivity contribution in [2.75, 3.05) is 73.8 Å². The summed E-state index contributed by atoms with van der Waals surface area (Å²) < 4.78 is 185. The fourth-order valence-corrected chi connectivity index (χ4v) is 19.2. The van der Waals surface area contributed by atoms with Gasteiger partial charge in [0.1, 0.15) is 123 Å². The van der Waals surface area contributed by atoms with E-state index >= 15 is 0 Å². The number of piperidine rings is 1. The molecular formula is C99H98F12N24O10. The Morgan fingerprint density at radius 1 is 0.393 bits per heavy atom. The highest BCUT2D eigenvalue weighted by molar-refractivity contribution is 6.02. The Morgan fingerprint density at radius 2 is 0.759 bits per heavy atom. The van der Waals surface area contributed by atoms with E-state index in [-0.39, 0.29) is 108 Å². The average Bonchev–Trinajstić information content (AvgIpc) is 1.43. The van der Waals surface area contributed by atoms with Crippen LogP contribution in [0.25, 0.3) is 44.1 Å². The number of fused-ring (bicyclic) bond motifs is 6. The fourth-order valence-electron chi connectivity index (χ4n) is 19.2. The van der Waals surface area contributed by atoms with Crippen LogP contribution in [0.3, 0.4) is 0 Å². The summed E-state index contributed by atoms with van der Waals surface area (Å²) in [5.74, 6) is -3.97. The minimum Gasteiger partial charge on any atom is -0.379 e. The van der Waals surface area contributed by atoms with Gasteiger partial charge < -0.3 is 59.5 Å². The predicted octanol–water partition coefficient (Wildman–Crippen LogP) is 15.2. The zero-order valence-corrected chi connectivity index (χ0v) is 79.5. The molecule has 5 atom stereocenters. The van der Waals surface area contributed by atoms with E-state index in [1.54, 1.807) is 66.0 Å². The maximum atomic E-state index is 14.8. The number of halogens is 12. The first-order valence-corrected chi connectivity index (χ1v) is 46.6. The molecule has 1 unspecified atom stereocenters. The number of hydrogen-bond donors (Lipinski definition) is 4. The summed E-state index contributed by atoms with van der Waals surface area (Å²) in [4.78, 5) is 155. The van der Waals surface area contributed by atoms with Gasteiger partial charge in [0.15, 0.2) is 0 Å². The van der Waals surface area contributed by atoms with Gasteiger partial charge in [0, 0.05) is 115 Å². The van der Waals surface area contributed by atoms with Crippen molar-refractivity contribution >= 4 is 91.0 Å². The standard InChI is InChI=1S/C26H28F3N5O3.C25H26F3N5O3.2C24H22F3N7O2/c1-15(16-6-5-7-17(20(16)27)21(28)29)32-22-18-12-19(24(35)33(2)23(18)31-14-30-22)25(36)34-10-4-3-8-26(34)9-11-37-13-26;1-14(15-5-3-6-16(19(15)26)20(27)28)31-21-17-11-18(23(34)32(2)22(17)30-13-29-21)24(35)33-9-10-36-25(12-33)7-4-8-25;1-13(15-4-3-5-16(19(15)25)20(26)27)31-21-17-8-18(23(35)32(2)22(17)30-11-29-21)24(36)33-6-7-34-12-28-9-14(34)10-33;1-13(14-4-3-5-15(19(14)25)20(26)27)31-21-16-10-17(23(35)32(2)22(16)30-12-29-21)24(36)34-9-8-33-7-6-28-18(33)11-34/h5-7,12,14-15,21H,3-4,8-11,13H2,1-2H3,(H,30,31,32);3,5-6,11,13-14,20H,4,7-10,12H2,1-2H3,(H,29,30,31);3-5,8-9,11-13,20H,6-7,10H2,1-2H3,(H,29,30,31);3-7,10,12-13,20H,8-9,11H2,1-2H3,(H,29,30,31)/t15-,26?;14-;2*13-/m1111/s1. The minimum atomic E-state index is -2.95. The van der Waals surface area contributed by atoms with Crippen LogP contribution < -0.4 is 43.5 Å². The van der Waals surface area contributed by atoms with Crippen LogP contribution in [0.5, 0.6) is 0 Å². The number of hydrogen-bond acceptors (Lipinski definition) is 24. The van der Waals surface area contributed by atoms with Crippen LogP contribution in [0, 0.1) is 23.3 Å². The third-order valence-corrected chi connectivity index (χ3v) is 27.4. The topological polar surface area (TPSA) is 375 Å². The number of amides is 4. The molecule has 4 fully saturated rings. The van der Waals surface area contributed by atoms with Gasteiger partial charge in [0.2, 0.25) is 0 Å². The van der Waals surface area contributed by atoms with Crippen LogP contribution in [0.1, 0.15) is 220 Å². The highest BCUT2D eigenvalue weighted by Gasteiger charge is 2.47. The average molecular weight is 2010 g/mol. The molecule has 1 aliphatic carbocycles. The number of pyridine rings is 4. The van der Waals surface area contributed by atoms with E-state index in [2.05, 4.69) is 71.1 Å². The number of nitrogens with one attached hydrogen (secondary N) is 4. The SMILES string of the molecule is C[C@@H](Nc1ncnc2c1cc(C(=O)N1CCCCC13CCOC3)c(=O)n2C)c1cccc(C(F)F)c1F.C[C@@H](Nc1ncnc2c1cc(C(=O)N1CCOC3(CCC3)C1)c(=O)n2C)c1cccc(C(F)F)c1F.C[C@@H](Nc1ncnc2c1cc(C(=O)N1CCn3ccnc3C1)c(=O)n2C)c1cccc(C(F)F)c1F.C[C@@H](Nc1ncnc2c1cc(C(=O)N1CCn3cncc3C1)c(=O)n2C)c1cccc(C(F)F)c1F. The molecule has 20 rings (SSSR count). The zero-order valence-electron chi connectivity index (χ0n) is 79.5. The molecule has 0 bridgehead atoms. The Kier molecular flexibility index (Phi) is 29.2. The van der Waals surface area contributed by atoms with Gasteiger partial charge in [-0.25, -0.2) is 103 Å². The van der Waals surface area contributed by atoms with E-state index in [4.69, 9.17) is 9.47 Å². The van der Waals surface area contributed by atoms with Crippen LogP contribution >= 0.6 is 0 Å². The summed E-state index contributed by atoms with van der Waals surface area (Å²) in [7, 11) is 6.04. The van der Waals surface area contributed by atoms with Gasteiger partial charge in [-0.1, -0.05) is 72.8 Å². The molecule has 145 heavy (non-hydrogen) atoms. The maximum absolute atomic E-state index is 14.8. The molecule has 6 aliphatic rings. The molecule has 10 aromatic heterocycles. The Hall–Kier alpha value is -15.4. The first-order valence-electron chi connectivity index (χ1n) is 46.6. The molecule has 2 spiro atoms. The summed E-state index contributed by atoms with van der Waals surface area (Å²) in [6.45, 7) is 11.7. The van der Waals surface area contributed by atoms with E-state index in [0.717, 1.165) is 80.7 Å². The third kappa shape index (κ3) is 19.9. The summed E-state index contributed by atoms with van der Waals surface area (Å²) in [5, 5.41) is 13.6. The van der Waals surface area contributed by atoms with E-state index in [1.807, 2.05) is 15.3 Å². The fraction of sp³-hybridized carbons (Fsp3) is 0.374. The Bertz CT molecular complexity index is 7390. The zero-order chi connectivity index (χ0) is 103. The van der Waals surface area contributed by atoms with Crippen molar-refractivity contribution in [3.05, 3.63) is 290 Å². The van der Waals surface area contributed by atoms with Crippen molar-refractivity contribution in [1.29, 1.82) is 0 Å². The molecule has 46 heteroatoms. The van der Waals surface area contributed by atoms with Crippen LogP contribution in [0.4, 0.5) is 76.0 Å². The first kappa shape index (κ1) is 101. The van der Waals surface area contributed by atoms with E-state index in [9.17, 15) is 91.0 Å². The highest BCUT2D eigenvalue weighted by atomic mass is 19.3. The van der Waals surface area contributed by atoms with Gasteiger partial charge in [-0.05, 0) is 96.9 Å². The molecule has 3 saturated heterocycles. The molecule has 758 valence electrons. The summed E-state index contributed by atoms with van der Waals surface area (Å²) in [6.07, 6.45) is 6.24. The maximum Gasteiger partial charge on any atom is 0.266 e. The van der Waals surface area contributed by atoms with Crippen molar-refractivity contribution in [3.8, 4) is 0 Å². The molecule has 5 aliphatic heterocycles. The molecule has 34 nitrogen and oxygen atoms in total. The number of morpholine rings is 1. The minimum absolute atomic E-state index is 0.0143. The number of ether oxygens (including phenoxy) is 2. The van der Waals surface area contributed by atoms with Crippen LogP contribution in [-0.2, 0) is 63.8 Å². The second-order valence-corrected chi connectivity index (χ2v) is 36.3. The summed E-state index contributed by atoms with van der Waals surface area (Å²) >= 11 is 0. The molecule has 15 heterocycles. The second kappa shape index (κ2) is 41.9. The number of benzene rings is 4. The van der Waals surface area contributed by atoms with Gasteiger partial charge in [0.05, 0.1) is 124 Å². The van der Waals surface area contributed by atoms with Crippen LogP contribution in [0.2, 0.25) is 0 Å². The predicted molar refractivity (Wildman–Crippen MR) is 508 cm³/mol. The number of likely N-dealkylation sites (tertiary alicyclic amines) is 1. The molecule has 1 saturated carbocycles. The summed E-state index contributed by atoms with van der Waals surface area (Å²) in [5.41, 5.74) is -3.55. The van der Waals surface area contributed by atoms with Crippen LogP contribution in [0.15, 0.2) is 166 Å². The lowest BCUT2D eigenvalue weighted by atomic mass is 9.79. The lowest BCUT2D eigenvalue weighted by Gasteiger charge is -2.48. The normalized spacial score (nSPS) is 16.8. The van der Waals surface area contributed by atoms with Crippen molar-refractivity contribution in [3.63, 3.8) is 0 Å². The van der Waals surface area contributed by atoms with Gasteiger partial charge in [0.25, 0.3) is 71.6 Å². The summed E-state index contributed by atoms with van der Waals surface area (Å²) in [6, 6.07) is 18.1. The van der Waals surface area contributed by atoms with Gasteiger partial charge in [-0.15, -0.1) is 0 Å². The van der Waals surface area contributed by atoms with Crippen molar-refractivity contribution in [2.45, 2.75) is 160 Å². The molecular weight excluding hydrogens is 1910 g/mol. The second-order valence-electron chi connectivity index (χ2n) is 36.3. The molecule has 14 aromatic rings. The third-order valence-electron chi connectivity index (χ3n) is 27.4. The number of alkyl halides is 8. The van der Waals surface area contributed by atoms with Crippen molar-refractivity contribution in [1.82, 2.24) is 96.8 Å². The quantitative estimate of drug-likeness (QED) is 0.0515. The smallest absolute Gasteiger partial charge is 0.266 e. The largest absolute Gasteiger partial charge is 0.379 e. The number of nitrogens with zero attached hydrogens (tertiary/aromatic N) is 20. The van der Waals surface area contributed by atoms with E-state index in [0.29, 0.717) is 93.7 Å². The molecule has 4 amide bonds. The van der Waals surface area contributed by atoms with Gasteiger partial charge >= 0.3 is 0 Å². The lowest BCUT2D eigenvalue weighted by Crippen LogP contribution is -2.57. The molecule has 0 radical (unpaired) electrons. The molecule has 4 aromatic carbocycles. The van der Waals surface area contributed by atoms with E-state index < -0.39 is 141 Å². The number of carbonyl (C=O) groups excluding carboxylic acids is 4. The number of rotatable bonds is 20. The number of imidazole rings is 2. The van der Waals surface area contributed by atoms with Gasteiger partial charge in [-0.3, -0.25) is 56.6 Å². The Balaban J connectivity index is 0.000000132. The Morgan fingerprint density at radius 3 is 1.12 bits per heavy atom. The van der Waals surface area contributed by atoms with Crippen molar-refractivity contribution in [2.24, 2.45) is 28.2 Å². The lowest BCUT2D eigenvalue weighted by molar-refractivity contribution is -0.142. The molecule has 4 N–H and O–H groups in total. The number of carbonyl (C=O) groups is 4. The van der Waals surface area contributed by atoms with E-state index in [1.165, 1.54) is 145 Å². The number of anilines is 4. The van der Waals surface area contributed by atoms with Crippen LogP contribution in [-0.4, -0.2) is 184 Å². The number of aryl methyl sites for hydroxylation is 4.